The molecule has 0 aromatic heterocycles. The van der Waals surface area contributed by atoms with Gasteiger partial charge in [0.2, 0.25) is 5.91 Å². The number of carbonyl (C=O) groups excluding carboxylic acids is 1. The van der Waals surface area contributed by atoms with Crippen LogP contribution in [0, 0.1) is 17.1 Å². The molecule has 1 aromatic carbocycles. The molecular weight excluding hydrogens is 283 g/mol. The number of carbonyl (C=O) groups is 1. The summed E-state index contributed by atoms with van der Waals surface area (Å²) in [5, 5.41) is 10.2. The molecule has 1 atom stereocenters. The molecule has 1 fully saturated rings. The minimum Gasteiger partial charge on any atom is -0.324 e. The number of amides is 1. The van der Waals surface area contributed by atoms with E-state index in [4.69, 9.17) is 5.26 Å². The summed E-state index contributed by atoms with van der Waals surface area (Å²) in [7, 11) is -3.44. The zero-order valence-electron chi connectivity index (χ0n) is 10.6. The van der Waals surface area contributed by atoms with Crippen molar-refractivity contribution in [3.05, 3.63) is 29.6 Å². The first-order valence-corrected chi connectivity index (χ1v) is 7.87. The van der Waals surface area contributed by atoms with Gasteiger partial charge >= 0.3 is 0 Å². The predicted octanol–water partition coefficient (Wildman–Crippen LogP) is 1.60. The second-order valence-electron chi connectivity index (χ2n) is 4.64. The lowest BCUT2D eigenvalue weighted by Gasteiger charge is -2.21. The van der Waals surface area contributed by atoms with Crippen molar-refractivity contribution in [3.63, 3.8) is 0 Å². The quantitative estimate of drug-likeness (QED) is 0.898. The van der Waals surface area contributed by atoms with Crippen LogP contribution in [0.3, 0.4) is 0 Å². The molecule has 1 aliphatic heterocycles. The van der Waals surface area contributed by atoms with Gasteiger partial charge in [0.1, 0.15) is 17.1 Å². The summed E-state index contributed by atoms with van der Waals surface area (Å²) in [5.41, 5.74) is 0.0891. The molecule has 106 valence electrons. The molecular formula is C13H13FN2O3S. The number of hydrogen-bond acceptors (Lipinski definition) is 4. The van der Waals surface area contributed by atoms with Crippen LogP contribution in [0.1, 0.15) is 24.8 Å². The third-order valence-corrected chi connectivity index (χ3v) is 5.41. The lowest BCUT2D eigenvalue weighted by Crippen LogP contribution is -2.39. The van der Waals surface area contributed by atoms with E-state index in [-0.39, 0.29) is 23.4 Å². The molecule has 0 bridgehead atoms. The Morgan fingerprint density at radius 2 is 2.15 bits per heavy atom. The van der Waals surface area contributed by atoms with Crippen molar-refractivity contribution in [2.45, 2.75) is 24.5 Å². The maximum atomic E-state index is 13.0. The van der Waals surface area contributed by atoms with Crippen molar-refractivity contribution < 1.29 is 17.6 Å². The highest BCUT2D eigenvalue weighted by Crippen LogP contribution is 2.22. The normalized spacial score (nSPS) is 20.9. The molecule has 0 saturated carbocycles. The van der Waals surface area contributed by atoms with Crippen molar-refractivity contribution >= 4 is 21.4 Å². The van der Waals surface area contributed by atoms with Crippen LogP contribution >= 0.6 is 0 Å². The van der Waals surface area contributed by atoms with Gasteiger partial charge in [-0.25, -0.2) is 12.8 Å². The lowest BCUT2D eigenvalue weighted by molar-refractivity contribution is -0.116. The SMILES string of the molecule is N#Cc1cc(F)ccc1NC(=O)C1CCCCS1(=O)=O. The van der Waals surface area contributed by atoms with Crippen LogP contribution in [0.4, 0.5) is 10.1 Å². The van der Waals surface area contributed by atoms with Crippen LogP contribution in [-0.4, -0.2) is 25.3 Å². The number of rotatable bonds is 2. The number of halogens is 1. The number of nitriles is 1. The first-order valence-electron chi connectivity index (χ1n) is 6.16. The van der Waals surface area contributed by atoms with E-state index in [1.807, 2.05) is 0 Å². The standard InChI is InChI=1S/C13H13FN2O3S/c14-10-4-5-11(9(7-10)8-15)16-13(17)12-3-1-2-6-20(12,18)19/h4-5,7,12H,1-3,6H2,(H,16,17). The van der Waals surface area contributed by atoms with E-state index in [2.05, 4.69) is 5.32 Å². The Hall–Kier alpha value is -1.94. The van der Waals surface area contributed by atoms with Gasteiger partial charge in [0.05, 0.1) is 17.0 Å². The van der Waals surface area contributed by atoms with Crippen LogP contribution < -0.4 is 5.32 Å². The third-order valence-electron chi connectivity index (χ3n) is 3.23. The summed E-state index contributed by atoms with van der Waals surface area (Å²) in [4.78, 5) is 12.0. The summed E-state index contributed by atoms with van der Waals surface area (Å²) in [5.74, 6) is -1.25. The molecule has 1 amide bonds. The molecule has 1 N–H and O–H groups in total. The van der Waals surface area contributed by atoms with Crippen molar-refractivity contribution in [1.29, 1.82) is 5.26 Å². The van der Waals surface area contributed by atoms with Gasteiger partial charge in [-0.05, 0) is 31.0 Å². The summed E-state index contributed by atoms with van der Waals surface area (Å²) < 4.78 is 36.7. The Morgan fingerprint density at radius 3 is 2.80 bits per heavy atom. The largest absolute Gasteiger partial charge is 0.324 e. The maximum absolute atomic E-state index is 13.0. The van der Waals surface area contributed by atoms with E-state index in [1.165, 1.54) is 6.07 Å². The van der Waals surface area contributed by atoms with E-state index in [0.29, 0.717) is 12.8 Å². The molecule has 2 rings (SSSR count). The lowest BCUT2D eigenvalue weighted by atomic mass is 10.1. The Labute approximate surface area is 116 Å². The summed E-state index contributed by atoms with van der Waals surface area (Å²) >= 11 is 0. The highest BCUT2D eigenvalue weighted by molar-refractivity contribution is 7.92. The fourth-order valence-corrected chi connectivity index (χ4v) is 3.98. The molecule has 1 heterocycles. The van der Waals surface area contributed by atoms with Crippen molar-refractivity contribution in [2.24, 2.45) is 0 Å². The van der Waals surface area contributed by atoms with E-state index in [1.54, 1.807) is 6.07 Å². The van der Waals surface area contributed by atoms with Gasteiger partial charge in [0.15, 0.2) is 9.84 Å². The van der Waals surface area contributed by atoms with E-state index >= 15 is 0 Å². The fraction of sp³-hybridized carbons (Fsp3) is 0.385. The molecule has 0 aliphatic carbocycles. The minimum absolute atomic E-state index is 0.000385. The first kappa shape index (κ1) is 14.5. The van der Waals surface area contributed by atoms with Gasteiger partial charge in [-0.3, -0.25) is 4.79 Å². The Morgan fingerprint density at radius 1 is 1.40 bits per heavy atom. The molecule has 0 spiro atoms. The first-order chi connectivity index (χ1) is 9.44. The second-order valence-corrected chi connectivity index (χ2v) is 6.95. The van der Waals surface area contributed by atoms with Gasteiger partial charge in [-0.1, -0.05) is 6.42 Å². The van der Waals surface area contributed by atoms with E-state index in [9.17, 15) is 17.6 Å². The van der Waals surface area contributed by atoms with Crippen LogP contribution in [0.5, 0.6) is 0 Å². The van der Waals surface area contributed by atoms with Crippen LogP contribution in [0.25, 0.3) is 0 Å². The van der Waals surface area contributed by atoms with Crippen LogP contribution in [-0.2, 0) is 14.6 Å². The monoisotopic (exact) mass is 296 g/mol. The molecule has 1 aromatic rings. The molecule has 0 radical (unpaired) electrons. The van der Waals surface area contributed by atoms with E-state index in [0.717, 1.165) is 12.1 Å². The van der Waals surface area contributed by atoms with Crippen molar-refractivity contribution in [3.8, 4) is 6.07 Å². The highest BCUT2D eigenvalue weighted by Gasteiger charge is 2.35. The minimum atomic E-state index is -3.44. The molecule has 7 heteroatoms. The van der Waals surface area contributed by atoms with Gasteiger partial charge in [-0.15, -0.1) is 0 Å². The maximum Gasteiger partial charge on any atom is 0.242 e. The average Bonchev–Trinajstić information content (AvgIpc) is 2.40. The van der Waals surface area contributed by atoms with Crippen molar-refractivity contribution in [2.75, 3.05) is 11.1 Å². The van der Waals surface area contributed by atoms with Crippen LogP contribution in [0.2, 0.25) is 0 Å². The van der Waals surface area contributed by atoms with Gasteiger partial charge in [-0.2, -0.15) is 5.26 Å². The van der Waals surface area contributed by atoms with E-state index < -0.39 is 26.8 Å². The second kappa shape index (κ2) is 5.59. The number of nitrogens with zero attached hydrogens (tertiary/aromatic N) is 1. The number of benzene rings is 1. The van der Waals surface area contributed by atoms with Gasteiger partial charge in [0, 0.05) is 0 Å². The van der Waals surface area contributed by atoms with Crippen molar-refractivity contribution in [1.82, 2.24) is 0 Å². The Balaban J connectivity index is 2.22. The molecule has 1 saturated heterocycles. The van der Waals surface area contributed by atoms with Crippen LogP contribution in [0.15, 0.2) is 18.2 Å². The zero-order chi connectivity index (χ0) is 14.8. The summed E-state index contributed by atoms with van der Waals surface area (Å²) in [6.45, 7) is 0. The number of anilines is 1. The number of nitrogens with one attached hydrogen (secondary N) is 1. The van der Waals surface area contributed by atoms with Gasteiger partial charge < -0.3 is 5.32 Å². The molecule has 20 heavy (non-hydrogen) atoms. The van der Waals surface area contributed by atoms with Gasteiger partial charge in [0.25, 0.3) is 0 Å². The Kier molecular flexibility index (Phi) is 4.04. The fourth-order valence-electron chi connectivity index (χ4n) is 2.18. The average molecular weight is 296 g/mol. The predicted molar refractivity (Wildman–Crippen MR) is 71.2 cm³/mol. The number of sulfone groups is 1. The smallest absolute Gasteiger partial charge is 0.242 e. The number of hydrogen-bond donors (Lipinski definition) is 1. The zero-order valence-corrected chi connectivity index (χ0v) is 11.4. The Bertz CT molecular complexity index is 679. The molecule has 1 aliphatic rings. The highest BCUT2D eigenvalue weighted by atomic mass is 32.2. The summed E-state index contributed by atoms with van der Waals surface area (Å²) in [6.07, 6.45) is 1.51. The third kappa shape index (κ3) is 2.96. The molecule has 5 nitrogen and oxygen atoms in total. The summed E-state index contributed by atoms with van der Waals surface area (Å²) in [6, 6.07) is 5.11. The topological polar surface area (TPSA) is 87.0 Å². The molecule has 1 unspecified atom stereocenters.